The molecule has 1 aromatic rings. The van der Waals surface area contributed by atoms with Gasteiger partial charge in [0.15, 0.2) is 0 Å². The Kier molecular flexibility index (Phi) is 3.81. The van der Waals surface area contributed by atoms with Crippen molar-refractivity contribution in [3.63, 3.8) is 0 Å². The van der Waals surface area contributed by atoms with E-state index < -0.39 is 34.6 Å². The van der Waals surface area contributed by atoms with Crippen LogP contribution in [0.15, 0.2) is 12.1 Å². The maximum atomic E-state index is 12.5. The van der Waals surface area contributed by atoms with Crippen LogP contribution >= 0.6 is 0 Å². The van der Waals surface area contributed by atoms with Crippen LogP contribution in [0.5, 0.6) is 5.75 Å². The van der Waals surface area contributed by atoms with E-state index in [1.165, 1.54) is 13.0 Å². The van der Waals surface area contributed by atoms with Crippen LogP contribution in [0.2, 0.25) is 0 Å². The van der Waals surface area contributed by atoms with E-state index in [-0.39, 0.29) is 6.61 Å². The number of carbonyl (C=O) groups excluding carboxylic acids is 1. The highest BCUT2D eigenvalue weighted by atomic mass is 19.4. The molecule has 0 atom stereocenters. The number of benzene rings is 1. The van der Waals surface area contributed by atoms with Crippen LogP contribution in [-0.2, 0) is 10.9 Å². The number of esters is 1. The van der Waals surface area contributed by atoms with Crippen molar-refractivity contribution in [3.05, 3.63) is 28.8 Å². The molecule has 0 unspecified atom stereocenters. The van der Waals surface area contributed by atoms with Crippen LogP contribution in [0.4, 0.5) is 13.2 Å². The molecule has 7 heteroatoms. The van der Waals surface area contributed by atoms with Crippen LogP contribution in [-0.4, -0.2) is 17.7 Å². The third kappa shape index (κ3) is 2.71. The van der Waals surface area contributed by atoms with E-state index in [1.54, 1.807) is 0 Å². The van der Waals surface area contributed by atoms with E-state index in [9.17, 15) is 23.1 Å². The number of carbonyl (C=O) groups is 1. The zero-order valence-corrected chi connectivity index (χ0v) is 9.21. The normalized spacial score (nSPS) is 10.8. The molecule has 0 aliphatic carbocycles. The number of hydrogen-bond donors (Lipinski definition) is 1. The molecule has 0 heterocycles. The van der Waals surface area contributed by atoms with E-state index in [2.05, 4.69) is 4.74 Å². The Bertz CT molecular complexity index is 517. The van der Waals surface area contributed by atoms with Crippen LogP contribution in [0.1, 0.15) is 28.4 Å². The number of phenolic OH excluding ortho intramolecular Hbond substituents is 1. The summed E-state index contributed by atoms with van der Waals surface area (Å²) in [6.07, 6.45) is -4.78. The third-order valence-corrected chi connectivity index (χ3v) is 2.06. The summed E-state index contributed by atoms with van der Waals surface area (Å²) in [7, 11) is 0. The molecule has 0 aliphatic heterocycles. The Balaban J connectivity index is 3.37. The van der Waals surface area contributed by atoms with E-state index >= 15 is 0 Å². The summed E-state index contributed by atoms with van der Waals surface area (Å²) >= 11 is 0. The predicted molar refractivity (Wildman–Crippen MR) is 53.8 cm³/mol. The van der Waals surface area contributed by atoms with Gasteiger partial charge in [-0.15, -0.1) is 0 Å². The van der Waals surface area contributed by atoms with Crippen molar-refractivity contribution >= 4 is 5.97 Å². The fourth-order valence-corrected chi connectivity index (χ4v) is 1.29. The first kappa shape index (κ1) is 13.8. The third-order valence-electron chi connectivity index (χ3n) is 2.06. The SMILES string of the molecule is CCOC(=O)c1cc(C#N)c(C(F)(F)F)cc1O. The van der Waals surface area contributed by atoms with Crippen molar-refractivity contribution in [1.29, 1.82) is 5.26 Å². The molecule has 0 aliphatic rings. The van der Waals surface area contributed by atoms with Gasteiger partial charge in [-0.3, -0.25) is 0 Å². The van der Waals surface area contributed by atoms with Gasteiger partial charge in [0, 0.05) is 0 Å². The number of phenols is 1. The topological polar surface area (TPSA) is 70.3 Å². The molecule has 1 N–H and O–H groups in total. The maximum absolute atomic E-state index is 12.5. The average Bonchev–Trinajstić information content (AvgIpc) is 2.27. The molecular formula is C11H8F3NO3. The van der Waals surface area contributed by atoms with E-state index in [0.29, 0.717) is 12.1 Å². The standard InChI is InChI=1S/C11H8F3NO3/c1-2-18-10(17)7-3-6(5-15)8(4-9(7)16)11(12,13)14/h3-4,16H,2H2,1H3. The van der Waals surface area contributed by atoms with Crippen molar-refractivity contribution < 1.29 is 27.8 Å². The van der Waals surface area contributed by atoms with Gasteiger partial charge >= 0.3 is 12.1 Å². The first-order valence-electron chi connectivity index (χ1n) is 4.82. The first-order chi connectivity index (χ1) is 8.31. The number of nitriles is 1. The summed E-state index contributed by atoms with van der Waals surface area (Å²) in [6, 6.07) is 2.33. The Morgan fingerprint density at radius 2 is 2.11 bits per heavy atom. The largest absolute Gasteiger partial charge is 0.507 e. The predicted octanol–water partition coefficient (Wildman–Crippen LogP) is 2.46. The number of hydrogen-bond acceptors (Lipinski definition) is 4. The quantitative estimate of drug-likeness (QED) is 0.828. The maximum Gasteiger partial charge on any atom is 0.417 e. The molecule has 0 saturated carbocycles. The molecule has 0 spiro atoms. The fraction of sp³-hybridized carbons (Fsp3) is 0.273. The van der Waals surface area contributed by atoms with Gasteiger partial charge in [-0.25, -0.2) is 4.79 Å². The summed E-state index contributed by atoms with van der Waals surface area (Å²) in [4.78, 5) is 11.3. The van der Waals surface area contributed by atoms with Gasteiger partial charge in [0.25, 0.3) is 0 Å². The Morgan fingerprint density at radius 3 is 2.56 bits per heavy atom. The van der Waals surface area contributed by atoms with Crippen molar-refractivity contribution in [2.24, 2.45) is 0 Å². The minimum absolute atomic E-state index is 0.00117. The van der Waals surface area contributed by atoms with Gasteiger partial charge in [-0.2, -0.15) is 18.4 Å². The van der Waals surface area contributed by atoms with Gasteiger partial charge in [0.05, 0.1) is 23.8 Å². The molecule has 0 fully saturated rings. The summed E-state index contributed by atoms with van der Waals surface area (Å²) in [5, 5.41) is 18.0. The summed E-state index contributed by atoms with van der Waals surface area (Å²) < 4.78 is 42.1. The van der Waals surface area contributed by atoms with Crippen LogP contribution in [0.25, 0.3) is 0 Å². The fourth-order valence-electron chi connectivity index (χ4n) is 1.29. The van der Waals surface area contributed by atoms with Crippen molar-refractivity contribution in [3.8, 4) is 11.8 Å². The van der Waals surface area contributed by atoms with E-state index in [4.69, 9.17) is 5.26 Å². The van der Waals surface area contributed by atoms with Gasteiger partial charge in [-0.1, -0.05) is 0 Å². The van der Waals surface area contributed by atoms with E-state index in [1.807, 2.05) is 0 Å². The van der Waals surface area contributed by atoms with E-state index in [0.717, 1.165) is 0 Å². The second-order valence-corrected chi connectivity index (χ2v) is 3.24. The minimum atomic E-state index is -4.78. The zero-order chi connectivity index (χ0) is 13.9. The Labute approximate surface area is 100 Å². The smallest absolute Gasteiger partial charge is 0.417 e. The highest BCUT2D eigenvalue weighted by Crippen LogP contribution is 2.35. The monoisotopic (exact) mass is 259 g/mol. The number of ether oxygens (including phenoxy) is 1. The van der Waals surface area contributed by atoms with Crippen molar-refractivity contribution in [2.75, 3.05) is 6.61 Å². The number of rotatable bonds is 2. The highest BCUT2D eigenvalue weighted by Gasteiger charge is 2.35. The average molecular weight is 259 g/mol. The molecule has 0 aromatic heterocycles. The second kappa shape index (κ2) is 4.96. The lowest BCUT2D eigenvalue weighted by Crippen LogP contribution is -2.11. The number of aromatic hydroxyl groups is 1. The molecule has 96 valence electrons. The second-order valence-electron chi connectivity index (χ2n) is 3.24. The minimum Gasteiger partial charge on any atom is -0.507 e. The molecule has 1 rings (SSSR count). The molecular weight excluding hydrogens is 251 g/mol. The zero-order valence-electron chi connectivity index (χ0n) is 9.21. The number of alkyl halides is 3. The van der Waals surface area contributed by atoms with Crippen molar-refractivity contribution in [2.45, 2.75) is 13.1 Å². The van der Waals surface area contributed by atoms with Crippen LogP contribution in [0, 0.1) is 11.3 Å². The molecule has 4 nitrogen and oxygen atoms in total. The number of halogens is 3. The number of nitrogens with zero attached hydrogens (tertiary/aromatic N) is 1. The van der Waals surface area contributed by atoms with Gasteiger partial charge < -0.3 is 9.84 Å². The summed E-state index contributed by atoms with van der Waals surface area (Å²) in [6.45, 7) is 1.51. The first-order valence-corrected chi connectivity index (χ1v) is 4.82. The van der Waals surface area contributed by atoms with Gasteiger partial charge in [0.2, 0.25) is 0 Å². The Hall–Kier alpha value is -2.23. The van der Waals surface area contributed by atoms with Crippen LogP contribution < -0.4 is 0 Å². The van der Waals surface area contributed by atoms with Gasteiger partial charge in [-0.05, 0) is 19.1 Å². The lowest BCUT2D eigenvalue weighted by molar-refractivity contribution is -0.137. The lowest BCUT2D eigenvalue weighted by atomic mass is 10.0. The highest BCUT2D eigenvalue weighted by molar-refractivity contribution is 5.93. The molecule has 18 heavy (non-hydrogen) atoms. The Morgan fingerprint density at radius 1 is 1.50 bits per heavy atom. The lowest BCUT2D eigenvalue weighted by Gasteiger charge is -2.11. The molecule has 1 aromatic carbocycles. The molecule has 0 saturated heterocycles. The molecule has 0 radical (unpaired) electrons. The summed E-state index contributed by atoms with van der Waals surface area (Å²) in [5.41, 5.74) is -2.51. The molecule has 0 bridgehead atoms. The summed E-state index contributed by atoms with van der Waals surface area (Å²) in [5.74, 6) is -1.86. The van der Waals surface area contributed by atoms with Gasteiger partial charge in [0.1, 0.15) is 11.3 Å². The van der Waals surface area contributed by atoms with Crippen molar-refractivity contribution in [1.82, 2.24) is 0 Å². The molecule has 0 amide bonds. The van der Waals surface area contributed by atoms with Crippen LogP contribution in [0.3, 0.4) is 0 Å².